The van der Waals surface area contributed by atoms with Gasteiger partial charge < -0.3 is 40.0 Å². The summed E-state index contributed by atoms with van der Waals surface area (Å²) >= 11 is 1.12. The number of hydrogen-bond donors (Lipinski definition) is 4. The summed E-state index contributed by atoms with van der Waals surface area (Å²) in [5.41, 5.74) is 2.44. The summed E-state index contributed by atoms with van der Waals surface area (Å²) in [5, 5.41) is 28.1. The lowest BCUT2D eigenvalue weighted by Crippen LogP contribution is -2.50. The number of aliphatic carboxylic acids is 1. The van der Waals surface area contributed by atoms with Crippen LogP contribution in [0.15, 0.2) is 84.2 Å². The zero-order chi connectivity index (χ0) is 56.8. The number of anilines is 1. The number of amides is 3. The zero-order valence-electron chi connectivity index (χ0n) is 47.1. The summed E-state index contributed by atoms with van der Waals surface area (Å²) in [7, 11) is 5.39. The number of esters is 1. The molecule has 0 bridgehead atoms. The van der Waals surface area contributed by atoms with Crippen molar-refractivity contribution in [2.45, 2.75) is 131 Å². The molecule has 1 heterocycles. The van der Waals surface area contributed by atoms with Crippen molar-refractivity contribution in [1.29, 1.82) is 0 Å². The van der Waals surface area contributed by atoms with Crippen LogP contribution >= 0.6 is 11.3 Å². The fourth-order valence-corrected chi connectivity index (χ4v) is 9.68. The summed E-state index contributed by atoms with van der Waals surface area (Å²) in [4.78, 5) is 90.0. The Morgan fingerprint density at radius 1 is 0.805 bits per heavy atom. The van der Waals surface area contributed by atoms with Gasteiger partial charge in [0.25, 0.3) is 5.91 Å². The molecule has 0 saturated carbocycles. The lowest BCUT2D eigenvalue weighted by atomic mass is 9.81. The highest BCUT2D eigenvalue weighted by Gasteiger charge is 2.39. The van der Waals surface area contributed by atoms with Gasteiger partial charge in [0.05, 0.1) is 50.0 Å². The fourth-order valence-electron chi connectivity index (χ4n) is 8.84. The molecule has 0 aliphatic carbocycles. The molecule has 77 heavy (non-hydrogen) atoms. The Bertz CT molecular complexity index is 2460. The number of carbonyl (C=O) groups is 6. The van der Waals surface area contributed by atoms with Gasteiger partial charge in [-0.15, -0.1) is 11.3 Å². The second-order valence-corrected chi connectivity index (χ2v) is 22.0. The molecule has 4 rings (SSSR count). The molecule has 17 nitrogen and oxygen atoms in total. The number of carbonyl (C=O) groups excluding carboxylic acids is 5. The van der Waals surface area contributed by atoms with Crippen molar-refractivity contribution in [3.8, 4) is 5.75 Å². The minimum absolute atomic E-state index is 0.0120. The van der Waals surface area contributed by atoms with Gasteiger partial charge in [0.2, 0.25) is 11.8 Å². The van der Waals surface area contributed by atoms with Crippen LogP contribution in [-0.4, -0.2) is 137 Å². The molecule has 3 aromatic carbocycles. The first-order chi connectivity index (χ1) is 36.5. The van der Waals surface area contributed by atoms with Gasteiger partial charge in [-0.25, -0.2) is 4.98 Å². The Balaban J connectivity index is 1.36. The Kier molecular flexibility index (Phi) is 25.9. The first-order valence-corrected chi connectivity index (χ1v) is 27.6. The lowest BCUT2D eigenvalue weighted by Gasteiger charge is -2.38. The number of ether oxygens (including phenoxy) is 3. The van der Waals surface area contributed by atoms with Crippen molar-refractivity contribution in [3.63, 3.8) is 0 Å². The highest BCUT2D eigenvalue weighted by Crippen LogP contribution is 2.33. The van der Waals surface area contributed by atoms with Crippen LogP contribution in [0, 0.1) is 23.7 Å². The van der Waals surface area contributed by atoms with E-state index < -0.39 is 59.3 Å². The third-order valence-corrected chi connectivity index (χ3v) is 15.3. The van der Waals surface area contributed by atoms with Crippen LogP contribution in [-0.2, 0) is 57.7 Å². The van der Waals surface area contributed by atoms with Crippen molar-refractivity contribution in [3.05, 3.63) is 112 Å². The number of phenols is 1. The first kappa shape index (κ1) is 63.5. The normalized spacial score (nSPS) is 14.1. The topological polar surface area (TPSA) is 217 Å². The molecule has 1 unspecified atom stereocenters. The number of Topliss-reactive ketones (excluding diaryl/α,β-unsaturated/α-hetero) is 1. The van der Waals surface area contributed by atoms with E-state index in [2.05, 4.69) is 44.8 Å². The number of nitrogens with one attached hydrogen (secondary N) is 2. The number of rotatable bonds is 34. The van der Waals surface area contributed by atoms with Crippen LogP contribution in [0.2, 0.25) is 0 Å². The molecule has 0 aliphatic rings. The van der Waals surface area contributed by atoms with Crippen LogP contribution in [0.1, 0.15) is 126 Å². The standard InChI is InChI=1S/C59H84N6O11S/c1-12-40(4)47(34-53(68)59(7,8)63(9)10)57(71)64(11)50(39(2)3)35-52(76-42(6)66)56-62-49(38-77-56)55(70)60-46(31-41(5)58(72)73)32-45-23-24-51(67)48(33-45)61-54(69)25-27-74-29-30-75-28-26-65(36-43-19-15-13-16-20-43)37-44-21-17-14-18-22-44/h13-24,33,38-41,46-47,50,52,67H,12,25-32,34-37H2,1-11H3,(H,60,70)(H,61,69)(H,72,73)/t40-,41?,46+,47-,50+,52+/m0/s1. The van der Waals surface area contributed by atoms with E-state index in [9.17, 15) is 39.0 Å². The van der Waals surface area contributed by atoms with Crippen LogP contribution in [0.25, 0.3) is 0 Å². The van der Waals surface area contributed by atoms with Gasteiger partial charge >= 0.3 is 11.9 Å². The fraction of sp³-hybridized carbons (Fsp3) is 0.542. The van der Waals surface area contributed by atoms with E-state index in [-0.39, 0.29) is 79.4 Å². The molecule has 3 amide bonds. The molecule has 0 fully saturated rings. The highest BCUT2D eigenvalue weighted by atomic mass is 32.1. The van der Waals surface area contributed by atoms with Gasteiger partial charge in [-0.05, 0) is 81.4 Å². The maximum atomic E-state index is 14.4. The minimum atomic E-state index is -1.05. The third kappa shape index (κ3) is 20.7. The van der Waals surface area contributed by atoms with E-state index in [1.807, 2.05) is 96.9 Å². The maximum absolute atomic E-state index is 14.4. The predicted octanol–water partition coefficient (Wildman–Crippen LogP) is 8.80. The SMILES string of the molecule is CC[C@H](C)[C@H](CC(=O)C(C)(C)N(C)C)C(=O)N(C)[C@H](C[C@@H](OC(C)=O)c1nc(C(=O)N[C@@H](Cc2ccc(O)c(NC(=O)CCOCCOCCN(Cc3ccccc3)Cc3ccccc3)c2)CC(C)C(=O)O)cs1)C(C)C. The van der Waals surface area contributed by atoms with Gasteiger partial charge in [0, 0.05) is 69.8 Å². The van der Waals surface area contributed by atoms with E-state index in [4.69, 9.17) is 14.2 Å². The number of ketones is 1. The van der Waals surface area contributed by atoms with Gasteiger partial charge in [0.1, 0.15) is 16.5 Å². The molecule has 422 valence electrons. The highest BCUT2D eigenvalue weighted by molar-refractivity contribution is 7.09. The van der Waals surface area contributed by atoms with Crippen molar-refractivity contribution in [2.24, 2.45) is 23.7 Å². The number of hydrogen-bond acceptors (Lipinski definition) is 14. The average molecular weight is 1090 g/mol. The number of aromatic hydroxyl groups is 1. The minimum Gasteiger partial charge on any atom is -0.506 e. The van der Waals surface area contributed by atoms with E-state index >= 15 is 0 Å². The predicted molar refractivity (Wildman–Crippen MR) is 299 cm³/mol. The smallest absolute Gasteiger partial charge is 0.306 e. The molecule has 0 aliphatic heterocycles. The van der Waals surface area contributed by atoms with Gasteiger partial charge in [-0.3, -0.25) is 38.6 Å². The molecule has 1 aromatic heterocycles. The second kappa shape index (κ2) is 31.4. The Morgan fingerprint density at radius 3 is 1.97 bits per heavy atom. The van der Waals surface area contributed by atoms with Gasteiger partial charge in [-0.1, -0.05) is 108 Å². The number of likely N-dealkylation sites (N-methyl/N-ethyl adjacent to an activating group) is 1. The largest absolute Gasteiger partial charge is 0.506 e. The van der Waals surface area contributed by atoms with Crippen molar-refractivity contribution >= 4 is 52.5 Å². The van der Waals surface area contributed by atoms with Crippen LogP contribution < -0.4 is 10.6 Å². The Morgan fingerprint density at radius 2 is 1.42 bits per heavy atom. The quantitative estimate of drug-likeness (QED) is 0.0195. The van der Waals surface area contributed by atoms with Crippen LogP contribution in [0.4, 0.5) is 5.69 Å². The number of thiazole rings is 1. The third-order valence-electron chi connectivity index (χ3n) is 14.4. The molecule has 4 N–H and O–H groups in total. The molecule has 0 radical (unpaired) electrons. The van der Waals surface area contributed by atoms with E-state index in [0.29, 0.717) is 36.8 Å². The van der Waals surface area contributed by atoms with Crippen LogP contribution in [0.5, 0.6) is 5.75 Å². The first-order valence-electron chi connectivity index (χ1n) is 26.7. The van der Waals surface area contributed by atoms with E-state index in [1.165, 1.54) is 36.4 Å². The number of carboxylic acid groups (broad SMARTS) is 1. The number of nitrogens with zero attached hydrogens (tertiary/aromatic N) is 4. The average Bonchev–Trinajstić information content (AvgIpc) is 3.89. The lowest BCUT2D eigenvalue weighted by molar-refractivity contribution is -0.150. The Labute approximate surface area is 460 Å². The molecule has 18 heteroatoms. The number of carboxylic acids is 1. The van der Waals surface area contributed by atoms with Crippen molar-refractivity contribution in [2.75, 3.05) is 59.4 Å². The van der Waals surface area contributed by atoms with E-state index in [0.717, 1.165) is 31.0 Å². The van der Waals surface area contributed by atoms with Crippen molar-refractivity contribution < 1.29 is 53.2 Å². The number of phenolic OH excluding ortho intramolecular Hbond substituents is 1. The van der Waals surface area contributed by atoms with Crippen LogP contribution in [0.3, 0.4) is 0 Å². The molecular weight excluding hydrogens is 1000 g/mol. The van der Waals surface area contributed by atoms with Crippen molar-refractivity contribution in [1.82, 2.24) is 25.0 Å². The molecule has 4 aromatic rings. The summed E-state index contributed by atoms with van der Waals surface area (Å²) in [6.07, 6.45) is 0.217. The number of aromatic nitrogens is 1. The Hall–Kier alpha value is -6.05. The summed E-state index contributed by atoms with van der Waals surface area (Å²) in [6, 6.07) is 24.1. The molecule has 0 saturated heterocycles. The van der Waals surface area contributed by atoms with Gasteiger partial charge in [-0.2, -0.15) is 0 Å². The summed E-state index contributed by atoms with van der Waals surface area (Å²) in [6.45, 7) is 18.0. The summed E-state index contributed by atoms with van der Waals surface area (Å²) < 4.78 is 17.4. The number of benzene rings is 3. The monoisotopic (exact) mass is 1080 g/mol. The molecular formula is C59H84N6O11S. The van der Waals surface area contributed by atoms with E-state index in [1.54, 1.807) is 24.1 Å². The molecule has 6 atom stereocenters. The second-order valence-electron chi connectivity index (χ2n) is 21.1. The van der Waals surface area contributed by atoms with Gasteiger partial charge in [0.15, 0.2) is 11.9 Å². The molecule has 0 spiro atoms. The zero-order valence-corrected chi connectivity index (χ0v) is 47.9. The maximum Gasteiger partial charge on any atom is 0.306 e. The summed E-state index contributed by atoms with van der Waals surface area (Å²) in [5.74, 6) is -4.60.